The molecular weight excluding hydrogens is 512 g/mol. The number of carbonyl (C=O) groups excluding carboxylic acids is 2. The zero-order chi connectivity index (χ0) is 25.1. The molecule has 0 aliphatic heterocycles. The number of nitrogens with one attached hydrogen (secondary N) is 2. The third-order valence-electron chi connectivity index (χ3n) is 6.03. The summed E-state index contributed by atoms with van der Waals surface area (Å²) in [5.41, 5.74) is 5.05. The van der Waals surface area contributed by atoms with Gasteiger partial charge in [0.2, 0.25) is 0 Å². The van der Waals surface area contributed by atoms with Crippen LogP contribution in [0.5, 0.6) is 0 Å². The highest BCUT2D eigenvalue weighted by Gasteiger charge is 2.29. The SMILES string of the molecule is CC(C)[C@H](NC(=O)c1ccc(Br)c(NC(=O)OCC2c3ccccc3-c3ccccc32)c1)C(=O)O. The number of halogens is 1. The van der Waals surface area contributed by atoms with E-state index in [2.05, 4.69) is 38.7 Å². The number of hydrogen-bond donors (Lipinski definition) is 3. The van der Waals surface area contributed by atoms with Gasteiger partial charge in [0.1, 0.15) is 12.6 Å². The van der Waals surface area contributed by atoms with Gasteiger partial charge in [-0.05, 0) is 62.3 Å². The lowest BCUT2D eigenvalue weighted by atomic mass is 9.98. The Bertz CT molecular complexity index is 1240. The smallest absolute Gasteiger partial charge is 0.411 e. The maximum absolute atomic E-state index is 12.7. The first-order valence-electron chi connectivity index (χ1n) is 11.2. The number of rotatable bonds is 7. The molecule has 0 unspecified atom stereocenters. The maximum atomic E-state index is 12.7. The molecule has 0 radical (unpaired) electrons. The fraction of sp³-hybridized carbons (Fsp3) is 0.222. The zero-order valence-corrected chi connectivity index (χ0v) is 20.8. The van der Waals surface area contributed by atoms with Crippen LogP contribution in [-0.2, 0) is 9.53 Å². The minimum Gasteiger partial charge on any atom is -0.480 e. The molecule has 7 nitrogen and oxygen atoms in total. The van der Waals surface area contributed by atoms with Crippen molar-refractivity contribution < 1.29 is 24.2 Å². The van der Waals surface area contributed by atoms with Crippen LogP contribution in [0.1, 0.15) is 41.3 Å². The molecule has 0 bridgehead atoms. The van der Waals surface area contributed by atoms with Crippen LogP contribution in [0.25, 0.3) is 11.1 Å². The van der Waals surface area contributed by atoms with E-state index in [9.17, 15) is 19.5 Å². The van der Waals surface area contributed by atoms with Gasteiger partial charge in [-0.25, -0.2) is 9.59 Å². The Morgan fingerprint density at radius 2 is 1.57 bits per heavy atom. The van der Waals surface area contributed by atoms with Gasteiger partial charge in [0.05, 0.1) is 5.69 Å². The Kier molecular flexibility index (Phi) is 7.21. The van der Waals surface area contributed by atoms with Gasteiger partial charge in [0.25, 0.3) is 5.91 Å². The molecule has 8 heteroatoms. The number of carboxylic acids is 1. The Labute approximate surface area is 211 Å². The molecule has 1 atom stereocenters. The van der Waals surface area contributed by atoms with Gasteiger partial charge in [-0.1, -0.05) is 62.4 Å². The second kappa shape index (κ2) is 10.3. The van der Waals surface area contributed by atoms with E-state index in [4.69, 9.17) is 4.74 Å². The summed E-state index contributed by atoms with van der Waals surface area (Å²) >= 11 is 3.37. The molecule has 3 aromatic carbocycles. The summed E-state index contributed by atoms with van der Waals surface area (Å²) in [6.45, 7) is 3.59. The van der Waals surface area contributed by atoms with Gasteiger partial charge < -0.3 is 15.2 Å². The van der Waals surface area contributed by atoms with E-state index >= 15 is 0 Å². The van der Waals surface area contributed by atoms with Crippen molar-refractivity contribution in [3.63, 3.8) is 0 Å². The molecule has 1 aliphatic carbocycles. The second-order valence-electron chi connectivity index (χ2n) is 8.68. The summed E-state index contributed by atoms with van der Waals surface area (Å²) in [7, 11) is 0. The van der Waals surface area contributed by atoms with Crippen molar-refractivity contribution in [3.05, 3.63) is 87.9 Å². The molecule has 3 aromatic rings. The van der Waals surface area contributed by atoms with E-state index in [0.29, 0.717) is 10.2 Å². The highest BCUT2D eigenvalue weighted by Crippen LogP contribution is 2.44. The lowest BCUT2D eigenvalue weighted by Crippen LogP contribution is -2.44. The molecule has 0 aromatic heterocycles. The minimum atomic E-state index is -1.11. The fourth-order valence-corrected chi connectivity index (χ4v) is 4.59. The van der Waals surface area contributed by atoms with Crippen LogP contribution in [0.2, 0.25) is 0 Å². The number of ether oxygens (including phenoxy) is 1. The van der Waals surface area contributed by atoms with Gasteiger partial charge in [-0.2, -0.15) is 0 Å². The Morgan fingerprint density at radius 1 is 0.971 bits per heavy atom. The third-order valence-corrected chi connectivity index (χ3v) is 6.72. The predicted molar refractivity (Wildman–Crippen MR) is 137 cm³/mol. The Morgan fingerprint density at radius 3 is 2.14 bits per heavy atom. The zero-order valence-electron chi connectivity index (χ0n) is 19.2. The summed E-state index contributed by atoms with van der Waals surface area (Å²) < 4.78 is 6.13. The summed E-state index contributed by atoms with van der Waals surface area (Å²) in [5, 5.41) is 14.5. The lowest BCUT2D eigenvalue weighted by molar-refractivity contribution is -0.140. The average molecular weight is 537 g/mol. The summed E-state index contributed by atoms with van der Waals surface area (Å²) in [5.74, 6) is -2.01. The molecule has 0 fully saturated rings. The number of carboxylic acid groups (broad SMARTS) is 1. The first-order valence-corrected chi connectivity index (χ1v) is 12.0. The highest BCUT2D eigenvalue weighted by molar-refractivity contribution is 9.10. The highest BCUT2D eigenvalue weighted by atomic mass is 79.9. The quantitative estimate of drug-likeness (QED) is 0.362. The van der Waals surface area contributed by atoms with Crippen molar-refractivity contribution in [1.29, 1.82) is 0 Å². The van der Waals surface area contributed by atoms with Crippen LogP contribution in [0.4, 0.5) is 10.5 Å². The van der Waals surface area contributed by atoms with Crippen LogP contribution in [0.15, 0.2) is 71.2 Å². The molecule has 1 aliphatic rings. The molecule has 2 amide bonds. The molecule has 0 heterocycles. The number of amides is 2. The molecule has 4 rings (SSSR count). The molecule has 0 saturated carbocycles. The monoisotopic (exact) mass is 536 g/mol. The van der Waals surface area contributed by atoms with Gasteiger partial charge >= 0.3 is 12.1 Å². The van der Waals surface area contributed by atoms with E-state index in [1.54, 1.807) is 26.0 Å². The van der Waals surface area contributed by atoms with Gasteiger partial charge in [-0.3, -0.25) is 10.1 Å². The second-order valence-corrected chi connectivity index (χ2v) is 9.53. The van der Waals surface area contributed by atoms with Crippen LogP contribution < -0.4 is 10.6 Å². The number of anilines is 1. The van der Waals surface area contributed by atoms with Gasteiger partial charge in [0, 0.05) is 16.0 Å². The molecule has 180 valence electrons. The lowest BCUT2D eigenvalue weighted by Gasteiger charge is -2.18. The first-order chi connectivity index (χ1) is 16.8. The van der Waals surface area contributed by atoms with Crippen molar-refractivity contribution in [2.75, 3.05) is 11.9 Å². The van der Waals surface area contributed by atoms with E-state index in [-0.39, 0.29) is 24.0 Å². The van der Waals surface area contributed by atoms with E-state index in [1.807, 2.05) is 36.4 Å². The summed E-state index contributed by atoms with van der Waals surface area (Å²) in [6, 6.07) is 19.7. The Balaban J connectivity index is 1.45. The van der Waals surface area contributed by atoms with Gasteiger partial charge in [-0.15, -0.1) is 0 Å². The standard InChI is InChI=1S/C27H25BrN2O5/c1-15(2)24(26(32)33)30-25(31)16-11-12-22(28)23(13-16)29-27(34)35-14-21-19-9-5-3-7-17(19)18-8-4-6-10-20(18)21/h3-13,15,21,24H,14H2,1-2H3,(H,29,34)(H,30,31)(H,32,33)/t24-/m0/s1. The number of benzene rings is 3. The first kappa shape index (κ1) is 24.5. The normalized spacial score (nSPS) is 13.0. The summed E-state index contributed by atoms with van der Waals surface area (Å²) in [4.78, 5) is 36.7. The largest absolute Gasteiger partial charge is 0.480 e. The predicted octanol–water partition coefficient (Wildman–Crippen LogP) is 5.65. The minimum absolute atomic E-state index is 0.0716. The number of carbonyl (C=O) groups is 3. The topological polar surface area (TPSA) is 105 Å². The van der Waals surface area contributed by atoms with E-state index < -0.39 is 24.0 Å². The maximum Gasteiger partial charge on any atom is 0.411 e. The van der Waals surface area contributed by atoms with E-state index in [1.165, 1.54) is 6.07 Å². The van der Waals surface area contributed by atoms with Crippen LogP contribution in [-0.4, -0.2) is 35.7 Å². The van der Waals surface area contributed by atoms with Crippen molar-refractivity contribution in [2.24, 2.45) is 5.92 Å². The van der Waals surface area contributed by atoms with Crippen LogP contribution in [0, 0.1) is 5.92 Å². The third kappa shape index (κ3) is 5.22. The number of hydrogen-bond acceptors (Lipinski definition) is 4. The molecule has 35 heavy (non-hydrogen) atoms. The fourth-order valence-electron chi connectivity index (χ4n) is 4.24. The summed E-state index contributed by atoms with van der Waals surface area (Å²) in [6.07, 6.45) is -0.657. The van der Waals surface area contributed by atoms with Crippen molar-refractivity contribution >= 4 is 39.6 Å². The molecule has 0 spiro atoms. The molecular formula is C27H25BrN2O5. The van der Waals surface area contributed by atoms with Crippen molar-refractivity contribution in [1.82, 2.24) is 5.32 Å². The van der Waals surface area contributed by atoms with Crippen LogP contribution >= 0.6 is 15.9 Å². The number of aliphatic carboxylic acids is 1. The molecule has 0 saturated heterocycles. The van der Waals surface area contributed by atoms with Gasteiger partial charge in [0.15, 0.2) is 0 Å². The molecule has 3 N–H and O–H groups in total. The van der Waals surface area contributed by atoms with Crippen molar-refractivity contribution in [3.8, 4) is 11.1 Å². The Hall–Kier alpha value is -3.65. The van der Waals surface area contributed by atoms with E-state index in [0.717, 1.165) is 22.3 Å². The van der Waals surface area contributed by atoms with Crippen molar-refractivity contribution in [2.45, 2.75) is 25.8 Å². The number of fused-ring (bicyclic) bond motifs is 3. The van der Waals surface area contributed by atoms with Crippen LogP contribution in [0.3, 0.4) is 0 Å². The average Bonchev–Trinajstić information content (AvgIpc) is 3.15.